The van der Waals surface area contributed by atoms with E-state index in [0.717, 1.165) is 45.9 Å². The first-order valence-electron chi connectivity index (χ1n) is 12.2. The second kappa shape index (κ2) is 9.49. The van der Waals surface area contributed by atoms with Crippen LogP contribution >= 0.6 is 0 Å². The third-order valence-electron chi connectivity index (χ3n) is 6.74. The van der Waals surface area contributed by atoms with Crippen molar-refractivity contribution >= 4 is 17.2 Å². The fraction of sp³-hybridized carbons (Fsp3) is 0.300. The summed E-state index contributed by atoms with van der Waals surface area (Å²) in [7, 11) is 1.65. The predicted molar refractivity (Wildman–Crippen MR) is 140 cm³/mol. The summed E-state index contributed by atoms with van der Waals surface area (Å²) < 4.78 is 11.5. The highest BCUT2D eigenvalue weighted by atomic mass is 16.5. The van der Waals surface area contributed by atoms with Gasteiger partial charge >= 0.3 is 0 Å². The number of carbonyl (C=O) groups excluding carboxylic acids is 1. The molecule has 35 heavy (non-hydrogen) atoms. The molecule has 0 bridgehead atoms. The largest absolute Gasteiger partial charge is 0.493 e. The molecule has 0 radical (unpaired) electrons. The molecule has 180 valence electrons. The van der Waals surface area contributed by atoms with E-state index in [2.05, 4.69) is 60.0 Å². The van der Waals surface area contributed by atoms with Gasteiger partial charge in [-0.2, -0.15) is 0 Å². The Hall–Kier alpha value is -3.73. The van der Waals surface area contributed by atoms with Crippen LogP contribution < -0.4 is 20.1 Å². The number of benzene rings is 3. The molecule has 2 atom stereocenters. The molecule has 3 aromatic carbocycles. The zero-order valence-corrected chi connectivity index (χ0v) is 20.7. The van der Waals surface area contributed by atoms with Crippen molar-refractivity contribution in [2.75, 3.05) is 17.7 Å². The monoisotopic (exact) mass is 468 g/mol. The lowest BCUT2D eigenvalue weighted by Gasteiger charge is -2.30. The van der Waals surface area contributed by atoms with E-state index >= 15 is 0 Å². The summed E-state index contributed by atoms with van der Waals surface area (Å²) in [6.45, 7) is 6.07. The zero-order chi connectivity index (χ0) is 24.5. The Labute approximate surface area is 207 Å². The molecular formula is C30H32N2O3. The van der Waals surface area contributed by atoms with Gasteiger partial charge in [-0.1, -0.05) is 48.0 Å². The molecule has 5 rings (SSSR count). The summed E-state index contributed by atoms with van der Waals surface area (Å²) in [5.41, 5.74) is 7.16. The molecule has 0 fully saturated rings. The molecule has 2 N–H and O–H groups in total. The first-order chi connectivity index (χ1) is 16.9. The number of ether oxygens (including phenoxy) is 2. The van der Waals surface area contributed by atoms with Crippen LogP contribution in [0.5, 0.6) is 11.5 Å². The van der Waals surface area contributed by atoms with Gasteiger partial charge in [-0.3, -0.25) is 4.79 Å². The fourth-order valence-corrected chi connectivity index (χ4v) is 5.03. The number of rotatable bonds is 5. The van der Waals surface area contributed by atoms with E-state index < -0.39 is 0 Å². The van der Waals surface area contributed by atoms with E-state index in [-0.39, 0.29) is 23.8 Å². The number of allylic oxidation sites excluding steroid dienone is 1. The van der Waals surface area contributed by atoms with Crippen LogP contribution in [0.2, 0.25) is 0 Å². The summed E-state index contributed by atoms with van der Waals surface area (Å²) in [5.74, 6) is 1.64. The molecule has 3 aromatic rings. The maximum absolute atomic E-state index is 13.7. The number of ketones is 1. The molecule has 0 amide bonds. The van der Waals surface area contributed by atoms with E-state index in [4.69, 9.17) is 9.47 Å². The second-order valence-corrected chi connectivity index (χ2v) is 9.66. The Balaban J connectivity index is 1.54. The minimum Gasteiger partial charge on any atom is -0.493 e. The quantitative estimate of drug-likeness (QED) is 0.433. The lowest BCUT2D eigenvalue weighted by atomic mass is 9.78. The fourth-order valence-electron chi connectivity index (χ4n) is 5.03. The molecule has 1 heterocycles. The maximum atomic E-state index is 13.7. The Morgan fingerprint density at radius 3 is 2.31 bits per heavy atom. The van der Waals surface area contributed by atoms with Gasteiger partial charge in [0.25, 0.3) is 0 Å². The Kier molecular flexibility index (Phi) is 6.25. The number of nitrogens with one attached hydrogen (secondary N) is 2. The standard InChI is InChI=1S/C30H32N2O3/c1-18(2)35-27-14-13-21(17-28(27)34-4)22-15-25-29(26(33)16-22)30(20-11-9-19(3)10-12-20)32-24-8-6-5-7-23(24)31-25/h5-14,17-18,22,30-32H,15-16H2,1-4H3. The minimum atomic E-state index is -0.202. The van der Waals surface area contributed by atoms with Gasteiger partial charge in [-0.05, 0) is 68.5 Å². The van der Waals surface area contributed by atoms with Crippen molar-refractivity contribution in [1.29, 1.82) is 0 Å². The van der Waals surface area contributed by atoms with Crippen molar-refractivity contribution < 1.29 is 14.3 Å². The molecule has 5 heteroatoms. The molecular weight excluding hydrogens is 436 g/mol. The van der Waals surface area contributed by atoms with Crippen molar-refractivity contribution in [3.8, 4) is 11.5 Å². The molecule has 1 aliphatic heterocycles. The van der Waals surface area contributed by atoms with Crippen LogP contribution in [0.15, 0.2) is 78.0 Å². The number of fused-ring (bicyclic) bond motifs is 1. The normalized spacial score (nSPS) is 19.3. The van der Waals surface area contributed by atoms with E-state index in [0.29, 0.717) is 12.2 Å². The number of Topliss-reactive ketones (excluding diaryl/α,β-unsaturated/α-hetero) is 1. The molecule has 1 aliphatic carbocycles. The Bertz CT molecular complexity index is 1280. The van der Waals surface area contributed by atoms with Crippen molar-refractivity contribution in [3.05, 3.63) is 94.7 Å². The van der Waals surface area contributed by atoms with Gasteiger partial charge in [-0.25, -0.2) is 0 Å². The maximum Gasteiger partial charge on any atom is 0.163 e. The highest BCUT2D eigenvalue weighted by Gasteiger charge is 2.36. The average molecular weight is 469 g/mol. The summed E-state index contributed by atoms with van der Waals surface area (Å²) >= 11 is 0. The van der Waals surface area contributed by atoms with Crippen LogP contribution in [-0.4, -0.2) is 19.0 Å². The lowest BCUT2D eigenvalue weighted by molar-refractivity contribution is -0.116. The molecule has 2 aliphatic rings. The highest BCUT2D eigenvalue weighted by molar-refractivity contribution is 6.01. The highest BCUT2D eigenvalue weighted by Crippen LogP contribution is 2.45. The molecule has 5 nitrogen and oxygen atoms in total. The van der Waals surface area contributed by atoms with Crippen molar-refractivity contribution in [2.45, 2.75) is 51.7 Å². The third kappa shape index (κ3) is 4.63. The number of para-hydroxylation sites is 2. The smallest absolute Gasteiger partial charge is 0.163 e. The van der Waals surface area contributed by atoms with E-state index in [1.54, 1.807) is 7.11 Å². The summed E-state index contributed by atoms with van der Waals surface area (Å²) in [4.78, 5) is 13.7. The van der Waals surface area contributed by atoms with Gasteiger partial charge in [0.1, 0.15) is 0 Å². The van der Waals surface area contributed by atoms with Crippen LogP contribution in [0.25, 0.3) is 0 Å². The van der Waals surface area contributed by atoms with Crippen molar-refractivity contribution in [3.63, 3.8) is 0 Å². The Morgan fingerprint density at radius 2 is 1.60 bits per heavy atom. The summed E-state index contributed by atoms with van der Waals surface area (Å²) in [5, 5.41) is 7.25. The number of anilines is 2. The predicted octanol–water partition coefficient (Wildman–Crippen LogP) is 6.77. The van der Waals surface area contributed by atoms with E-state index in [1.165, 1.54) is 5.56 Å². The second-order valence-electron chi connectivity index (χ2n) is 9.66. The van der Waals surface area contributed by atoms with Gasteiger partial charge in [-0.15, -0.1) is 0 Å². The van der Waals surface area contributed by atoms with Crippen LogP contribution in [0, 0.1) is 6.92 Å². The summed E-state index contributed by atoms with van der Waals surface area (Å²) in [6.07, 6.45) is 1.25. The van der Waals surface area contributed by atoms with E-state index in [1.807, 2.05) is 38.1 Å². The minimum absolute atomic E-state index is 0.0553. The number of methoxy groups -OCH3 is 1. The van der Waals surface area contributed by atoms with Crippen LogP contribution in [0.1, 0.15) is 55.3 Å². The molecule has 0 saturated carbocycles. The number of hydrogen-bond donors (Lipinski definition) is 2. The molecule has 2 unspecified atom stereocenters. The zero-order valence-electron chi connectivity index (χ0n) is 20.7. The average Bonchev–Trinajstić information content (AvgIpc) is 3.01. The van der Waals surface area contributed by atoms with Gasteiger partial charge in [0.05, 0.1) is 30.6 Å². The van der Waals surface area contributed by atoms with Crippen LogP contribution in [0.3, 0.4) is 0 Å². The lowest BCUT2D eigenvalue weighted by Crippen LogP contribution is -2.26. The van der Waals surface area contributed by atoms with Gasteiger partial charge in [0, 0.05) is 17.7 Å². The van der Waals surface area contributed by atoms with E-state index in [9.17, 15) is 4.79 Å². The van der Waals surface area contributed by atoms with Gasteiger partial charge in [0.2, 0.25) is 0 Å². The first-order valence-corrected chi connectivity index (χ1v) is 12.2. The summed E-state index contributed by atoms with van der Waals surface area (Å²) in [6, 6.07) is 22.4. The van der Waals surface area contributed by atoms with Crippen molar-refractivity contribution in [2.24, 2.45) is 0 Å². The number of aryl methyl sites for hydroxylation is 1. The third-order valence-corrected chi connectivity index (χ3v) is 6.74. The Morgan fingerprint density at radius 1 is 0.886 bits per heavy atom. The molecule has 0 spiro atoms. The SMILES string of the molecule is COc1cc(C2CC(=O)C3=C(C2)Nc2ccccc2NC3c2ccc(C)cc2)ccc1OC(C)C. The van der Waals surface area contributed by atoms with Crippen LogP contribution in [-0.2, 0) is 4.79 Å². The number of carbonyl (C=O) groups is 1. The van der Waals surface area contributed by atoms with Gasteiger partial charge in [0.15, 0.2) is 17.3 Å². The number of hydrogen-bond acceptors (Lipinski definition) is 5. The molecule has 0 aromatic heterocycles. The van der Waals surface area contributed by atoms with Gasteiger partial charge < -0.3 is 20.1 Å². The first kappa shape index (κ1) is 23.0. The topological polar surface area (TPSA) is 59.6 Å². The van der Waals surface area contributed by atoms with Crippen LogP contribution in [0.4, 0.5) is 11.4 Å². The van der Waals surface area contributed by atoms with Crippen molar-refractivity contribution in [1.82, 2.24) is 0 Å². The molecule has 0 saturated heterocycles.